The minimum atomic E-state index is -4.07. The number of carbonyl (C=O) groups excluding carboxylic acids is 1. The number of likely N-dealkylation sites (tertiary alicyclic amines) is 1. The van der Waals surface area contributed by atoms with Gasteiger partial charge < -0.3 is 10.5 Å². The van der Waals surface area contributed by atoms with Crippen molar-refractivity contribution in [3.8, 4) is 5.75 Å². The normalized spacial score (nSPS) is 24.2. The topological polar surface area (TPSA) is 131 Å². The number of benzene rings is 1. The molecule has 5 rings (SSSR count). The number of pyridine rings is 2. The Hall–Kier alpha value is -3.90. The Bertz CT molecular complexity index is 1570. The molecule has 3 aromatic rings. The van der Waals surface area contributed by atoms with Crippen molar-refractivity contribution < 1.29 is 22.3 Å². The van der Waals surface area contributed by atoms with Gasteiger partial charge in [-0.2, -0.15) is 0 Å². The van der Waals surface area contributed by atoms with Crippen LogP contribution in [0.2, 0.25) is 0 Å². The molecule has 2 atom stereocenters. The van der Waals surface area contributed by atoms with Crippen LogP contribution in [-0.4, -0.2) is 71.3 Å². The molecule has 1 aromatic carbocycles. The number of carbonyl (C=O) groups is 1. The minimum Gasteiger partial charge on any atom is -0.495 e. The molecule has 2 N–H and O–H groups in total. The second-order valence-electron chi connectivity index (χ2n) is 10.3. The first-order valence-corrected chi connectivity index (χ1v) is 14.2. The predicted molar refractivity (Wildman–Crippen MR) is 148 cm³/mol. The molecule has 10 nitrogen and oxygen atoms in total. The average molecular weight is 567 g/mol. The Kier molecular flexibility index (Phi) is 7.09. The van der Waals surface area contributed by atoms with Crippen LogP contribution in [0.15, 0.2) is 66.0 Å². The van der Waals surface area contributed by atoms with E-state index >= 15 is 4.39 Å². The first-order chi connectivity index (χ1) is 19.0. The van der Waals surface area contributed by atoms with Gasteiger partial charge in [-0.25, -0.2) is 27.1 Å². The highest BCUT2D eigenvalue weighted by Gasteiger charge is 2.66. The van der Waals surface area contributed by atoms with Gasteiger partial charge >= 0.3 is 0 Å². The van der Waals surface area contributed by atoms with E-state index in [0.717, 1.165) is 9.87 Å². The van der Waals surface area contributed by atoms with Crippen LogP contribution in [0, 0.1) is 5.82 Å². The number of nitrogens with zero attached hydrogens (tertiary/aromatic N) is 5. The fourth-order valence-electron chi connectivity index (χ4n) is 5.69. The van der Waals surface area contributed by atoms with Gasteiger partial charge in [0, 0.05) is 51.1 Å². The zero-order valence-corrected chi connectivity index (χ0v) is 23.4. The van der Waals surface area contributed by atoms with E-state index in [1.54, 1.807) is 31.5 Å². The molecule has 1 saturated heterocycles. The molecule has 40 heavy (non-hydrogen) atoms. The number of nitrogens with two attached hydrogens (primary N) is 1. The Labute approximate surface area is 232 Å². The average Bonchev–Trinajstić information content (AvgIpc) is 3.39. The maximum atomic E-state index is 15.6. The number of hydrogen-bond acceptors (Lipinski definition) is 9. The molecule has 210 valence electrons. The van der Waals surface area contributed by atoms with Crippen LogP contribution < -0.4 is 10.5 Å². The van der Waals surface area contributed by atoms with Gasteiger partial charge in [0.1, 0.15) is 27.5 Å². The van der Waals surface area contributed by atoms with Crippen LogP contribution in [0.25, 0.3) is 0 Å². The van der Waals surface area contributed by atoms with E-state index in [4.69, 9.17) is 10.5 Å². The first-order valence-electron chi connectivity index (χ1n) is 12.8. The van der Waals surface area contributed by atoms with E-state index in [-0.39, 0.29) is 42.4 Å². The van der Waals surface area contributed by atoms with Gasteiger partial charge in [-0.1, -0.05) is 12.1 Å². The van der Waals surface area contributed by atoms with Crippen LogP contribution in [0.4, 0.5) is 4.39 Å². The van der Waals surface area contributed by atoms with E-state index in [2.05, 4.69) is 15.0 Å². The summed E-state index contributed by atoms with van der Waals surface area (Å²) in [6.45, 7) is 2.67. The van der Waals surface area contributed by atoms with Gasteiger partial charge in [0.2, 0.25) is 16.0 Å². The highest BCUT2D eigenvalue weighted by Crippen LogP contribution is 2.51. The summed E-state index contributed by atoms with van der Waals surface area (Å²) in [7, 11) is -1.19. The van der Waals surface area contributed by atoms with Crippen molar-refractivity contribution >= 4 is 21.8 Å². The summed E-state index contributed by atoms with van der Waals surface area (Å²) < 4.78 is 48.4. The Morgan fingerprint density at radius 3 is 2.65 bits per heavy atom. The molecule has 2 aliphatic heterocycles. The fraction of sp³-hybridized carbons (Fsp3) is 0.357. The number of sulfonamides is 1. The highest BCUT2D eigenvalue weighted by atomic mass is 32.2. The SMILES string of the molecule is COc1ccc(C(=O)Cc2ccc(F)c([C@@]3(C)N=C(N)N(C)S(=O)(=O)[C@]34CCN(Cc3cccnc3)C4)c2)nc1. The first kappa shape index (κ1) is 27.7. The third-order valence-electron chi connectivity index (χ3n) is 8.02. The number of aliphatic imine (C=N–C) groups is 1. The Morgan fingerprint density at radius 1 is 1.18 bits per heavy atom. The molecular formula is C28H31FN6O4S. The maximum Gasteiger partial charge on any atom is 0.247 e. The number of hydrogen-bond donors (Lipinski definition) is 1. The highest BCUT2D eigenvalue weighted by molar-refractivity contribution is 7.91. The van der Waals surface area contributed by atoms with Crippen molar-refractivity contribution in [2.75, 3.05) is 27.2 Å². The van der Waals surface area contributed by atoms with Gasteiger partial charge in [-0.3, -0.25) is 14.7 Å². The van der Waals surface area contributed by atoms with Crippen molar-refractivity contribution in [1.82, 2.24) is 19.2 Å². The number of rotatable bonds is 7. The lowest BCUT2D eigenvalue weighted by Crippen LogP contribution is -2.66. The number of ether oxygens (including phenoxy) is 1. The number of Topliss-reactive ketones (excluding diaryl/α,β-unsaturated/α-hetero) is 1. The molecule has 1 fully saturated rings. The van der Waals surface area contributed by atoms with Crippen LogP contribution in [0.1, 0.15) is 40.5 Å². The van der Waals surface area contributed by atoms with Crippen LogP contribution in [0.5, 0.6) is 5.75 Å². The van der Waals surface area contributed by atoms with Crippen molar-refractivity contribution in [2.45, 2.75) is 36.6 Å². The van der Waals surface area contributed by atoms with Crippen molar-refractivity contribution in [1.29, 1.82) is 0 Å². The van der Waals surface area contributed by atoms with E-state index in [9.17, 15) is 13.2 Å². The molecular weight excluding hydrogens is 535 g/mol. The van der Waals surface area contributed by atoms with Crippen molar-refractivity contribution in [2.24, 2.45) is 10.7 Å². The Balaban J connectivity index is 1.54. The second-order valence-corrected chi connectivity index (χ2v) is 12.6. The summed E-state index contributed by atoms with van der Waals surface area (Å²) in [6, 6.07) is 11.2. The van der Waals surface area contributed by atoms with Gasteiger partial charge in [-0.05, 0) is 54.8 Å². The van der Waals surface area contributed by atoms with E-state index in [1.807, 2.05) is 17.0 Å². The standard InChI is InChI=1S/C28H31FN6O4S/c1-27(22-13-19(6-8-23(22)29)14-25(36)24-9-7-21(39-3)16-32-24)28(40(37,38)34(2)26(30)33-27)10-12-35(18-28)17-20-5-4-11-31-15-20/h4-9,11,13,15-16H,10,12,14,17-18H2,1-3H3,(H2,30,33)/t27-,28+/m1/s1. The molecule has 0 aliphatic carbocycles. The maximum absolute atomic E-state index is 15.6. The summed E-state index contributed by atoms with van der Waals surface area (Å²) >= 11 is 0. The minimum absolute atomic E-state index is 0.0608. The quantitative estimate of drug-likeness (QED) is 0.432. The summed E-state index contributed by atoms with van der Waals surface area (Å²) in [5.41, 5.74) is 6.31. The van der Waals surface area contributed by atoms with Crippen LogP contribution in [0.3, 0.4) is 0 Å². The Morgan fingerprint density at radius 2 is 1.98 bits per heavy atom. The molecule has 0 unspecified atom stereocenters. The second kappa shape index (κ2) is 10.3. The molecule has 1 spiro atoms. The number of halogens is 1. The molecule has 0 saturated carbocycles. The van der Waals surface area contributed by atoms with E-state index in [1.165, 1.54) is 38.6 Å². The summed E-state index contributed by atoms with van der Waals surface area (Å²) in [5, 5.41) is 0. The zero-order valence-electron chi connectivity index (χ0n) is 22.5. The smallest absolute Gasteiger partial charge is 0.247 e. The third kappa shape index (κ3) is 4.50. The van der Waals surface area contributed by atoms with Gasteiger partial charge in [0.15, 0.2) is 5.78 Å². The van der Waals surface area contributed by atoms with Gasteiger partial charge in [0.05, 0.1) is 13.3 Å². The molecule has 4 heterocycles. The summed E-state index contributed by atoms with van der Waals surface area (Å²) in [5.74, 6) is -0.598. The zero-order chi connectivity index (χ0) is 28.7. The van der Waals surface area contributed by atoms with E-state index < -0.39 is 26.1 Å². The lowest BCUT2D eigenvalue weighted by Gasteiger charge is -2.48. The van der Waals surface area contributed by atoms with Crippen molar-refractivity contribution in [3.05, 3.63) is 89.3 Å². The molecule has 0 radical (unpaired) electrons. The predicted octanol–water partition coefficient (Wildman–Crippen LogP) is 2.50. The molecule has 12 heteroatoms. The molecule has 2 aromatic heterocycles. The number of guanidine groups is 1. The lowest BCUT2D eigenvalue weighted by molar-refractivity contribution is 0.0988. The van der Waals surface area contributed by atoms with Crippen molar-refractivity contribution in [3.63, 3.8) is 0 Å². The number of ketones is 1. The summed E-state index contributed by atoms with van der Waals surface area (Å²) in [6.07, 6.45) is 5.02. The fourth-order valence-corrected chi connectivity index (χ4v) is 7.86. The van der Waals surface area contributed by atoms with Gasteiger partial charge in [-0.15, -0.1) is 0 Å². The summed E-state index contributed by atoms with van der Waals surface area (Å²) in [4.78, 5) is 27.9. The molecule has 0 bridgehead atoms. The lowest BCUT2D eigenvalue weighted by atomic mass is 9.77. The monoisotopic (exact) mass is 566 g/mol. The number of methoxy groups -OCH3 is 1. The third-order valence-corrected chi connectivity index (χ3v) is 10.6. The molecule has 2 aliphatic rings. The largest absolute Gasteiger partial charge is 0.495 e. The van der Waals surface area contributed by atoms with Gasteiger partial charge in [0.25, 0.3) is 0 Å². The van der Waals surface area contributed by atoms with E-state index in [0.29, 0.717) is 24.4 Å². The molecule has 0 amide bonds. The van der Waals surface area contributed by atoms with Crippen LogP contribution >= 0.6 is 0 Å². The van der Waals surface area contributed by atoms with Crippen LogP contribution in [-0.2, 0) is 28.5 Å². The number of aromatic nitrogens is 2.